The van der Waals surface area contributed by atoms with Gasteiger partial charge in [-0.2, -0.15) is 0 Å². The lowest BCUT2D eigenvalue weighted by atomic mass is 10.2. The Bertz CT molecular complexity index is 779. The molecule has 0 atom stereocenters. The Balaban J connectivity index is 1.76. The minimum atomic E-state index is 0.00211. The van der Waals surface area contributed by atoms with Gasteiger partial charge in [0.25, 0.3) is 5.56 Å². The molecule has 0 aliphatic rings. The second kappa shape index (κ2) is 6.76. The van der Waals surface area contributed by atoms with E-state index in [-0.39, 0.29) is 5.56 Å². The lowest BCUT2D eigenvalue weighted by Gasteiger charge is -2.10. The van der Waals surface area contributed by atoms with E-state index in [1.54, 1.807) is 4.57 Å². The molecule has 1 heterocycles. The summed E-state index contributed by atoms with van der Waals surface area (Å²) in [5.74, 6) is 0. The highest BCUT2D eigenvalue weighted by atomic mass is 16.1. The zero-order valence-corrected chi connectivity index (χ0v) is 12.3. The maximum atomic E-state index is 12.5. The lowest BCUT2D eigenvalue weighted by molar-refractivity contribution is 0.760. The van der Waals surface area contributed by atoms with Crippen LogP contribution in [-0.2, 0) is 13.1 Å². The molecule has 0 spiro atoms. The molecule has 110 valence electrons. The fraction of sp³-hybridized carbons (Fsp3) is 0.105. The minimum absolute atomic E-state index is 0.00211. The van der Waals surface area contributed by atoms with Crippen LogP contribution in [0.2, 0.25) is 0 Å². The van der Waals surface area contributed by atoms with Crippen LogP contribution in [0.1, 0.15) is 11.1 Å². The molecule has 0 unspecified atom stereocenters. The minimum Gasteiger partial charge on any atom is -0.377 e. The van der Waals surface area contributed by atoms with Gasteiger partial charge in [0.1, 0.15) is 5.69 Å². The number of aromatic nitrogens is 1. The molecular weight excluding hydrogens is 272 g/mol. The zero-order valence-electron chi connectivity index (χ0n) is 12.3. The predicted octanol–water partition coefficient (Wildman–Crippen LogP) is 3.51. The average Bonchev–Trinajstić information content (AvgIpc) is 2.58. The van der Waals surface area contributed by atoms with Gasteiger partial charge in [-0.15, -0.1) is 0 Å². The summed E-state index contributed by atoms with van der Waals surface area (Å²) in [5.41, 5.74) is 2.90. The van der Waals surface area contributed by atoms with Gasteiger partial charge < -0.3 is 9.88 Å². The summed E-state index contributed by atoms with van der Waals surface area (Å²) in [6.45, 7) is 1.23. The highest BCUT2D eigenvalue weighted by Crippen LogP contribution is 2.06. The van der Waals surface area contributed by atoms with Gasteiger partial charge in [-0.1, -0.05) is 60.7 Å². The lowest BCUT2D eigenvalue weighted by Crippen LogP contribution is -2.23. The molecule has 3 heteroatoms. The number of hydrogen-bond donors (Lipinski definition) is 1. The molecule has 22 heavy (non-hydrogen) atoms. The van der Waals surface area contributed by atoms with Crippen molar-refractivity contribution in [2.45, 2.75) is 13.1 Å². The van der Waals surface area contributed by atoms with E-state index in [1.165, 1.54) is 0 Å². The van der Waals surface area contributed by atoms with E-state index in [1.807, 2.05) is 79.0 Å². The Morgan fingerprint density at radius 1 is 0.773 bits per heavy atom. The summed E-state index contributed by atoms with van der Waals surface area (Å²) in [7, 11) is 0. The zero-order chi connectivity index (χ0) is 15.2. The SMILES string of the molecule is O=c1c(NCc2ccccc2)cccn1Cc1ccccc1. The van der Waals surface area contributed by atoms with Gasteiger partial charge in [0.05, 0.1) is 6.54 Å². The first-order chi connectivity index (χ1) is 10.8. The molecular formula is C19H18N2O. The number of pyridine rings is 1. The number of benzene rings is 2. The Hall–Kier alpha value is -2.81. The van der Waals surface area contributed by atoms with Crippen LogP contribution in [0.5, 0.6) is 0 Å². The first kappa shape index (κ1) is 14.1. The summed E-state index contributed by atoms with van der Waals surface area (Å²) < 4.78 is 1.72. The largest absolute Gasteiger partial charge is 0.377 e. The van der Waals surface area contributed by atoms with Crippen LogP contribution < -0.4 is 10.9 Å². The van der Waals surface area contributed by atoms with E-state index in [4.69, 9.17) is 0 Å². The summed E-state index contributed by atoms with van der Waals surface area (Å²) in [4.78, 5) is 12.5. The highest BCUT2D eigenvalue weighted by Gasteiger charge is 2.03. The van der Waals surface area contributed by atoms with E-state index in [0.29, 0.717) is 18.8 Å². The van der Waals surface area contributed by atoms with Crippen molar-refractivity contribution in [3.8, 4) is 0 Å². The number of nitrogens with one attached hydrogen (secondary N) is 1. The summed E-state index contributed by atoms with van der Waals surface area (Å²) >= 11 is 0. The van der Waals surface area contributed by atoms with Crippen LogP contribution in [-0.4, -0.2) is 4.57 Å². The Morgan fingerprint density at radius 3 is 2.09 bits per heavy atom. The average molecular weight is 290 g/mol. The maximum absolute atomic E-state index is 12.5. The van der Waals surface area contributed by atoms with Crippen molar-refractivity contribution < 1.29 is 0 Å². The van der Waals surface area contributed by atoms with Gasteiger partial charge in [0, 0.05) is 12.7 Å². The van der Waals surface area contributed by atoms with Crippen molar-refractivity contribution in [2.75, 3.05) is 5.32 Å². The standard InChI is InChI=1S/C19H18N2O/c22-19-18(20-14-16-8-3-1-4-9-16)12-7-13-21(19)15-17-10-5-2-6-11-17/h1-13,20H,14-15H2. The molecule has 0 saturated heterocycles. The van der Waals surface area contributed by atoms with Gasteiger partial charge in [-0.3, -0.25) is 4.79 Å². The highest BCUT2D eigenvalue weighted by molar-refractivity contribution is 5.41. The van der Waals surface area contributed by atoms with Crippen LogP contribution >= 0.6 is 0 Å². The Morgan fingerprint density at radius 2 is 1.41 bits per heavy atom. The molecule has 0 radical (unpaired) electrons. The van der Waals surface area contributed by atoms with E-state index in [9.17, 15) is 4.79 Å². The molecule has 0 saturated carbocycles. The van der Waals surface area contributed by atoms with Gasteiger partial charge >= 0.3 is 0 Å². The van der Waals surface area contributed by atoms with Crippen LogP contribution in [0.4, 0.5) is 5.69 Å². The first-order valence-corrected chi connectivity index (χ1v) is 7.34. The topological polar surface area (TPSA) is 34.0 Å². The molecule has 3 nitrogen and oxygen atoms in total. The van der Waals surface area contributed by atoms with Crippen molar-refractivity contribution in [1.82, 2.24) is 4.57 Å². The maximum Gasteiger partial charge on any atom is 0.274 e. The Kier molecular flexibility index (Phi) is 4.35. The van der Waals surface area contributed by atoms with Crippen LogP contribution in [0.15, 0.2) is 83.8 Å². The smallest absolute Gasteiger partial charge is 0.274 e. The van der Waals surface area contributed by atoms with Crippen molar-refractivity contribution >= 4 is 5.69 Å². The summed E-state index contributed by atoms with van der Waals surface area (Å²) in [5, 5.41) is 3.22. The van der Waals surface area contributed by atoms with Gasteiger partial charge in [-0.25, -0.2) is 0 Å². The number of anilines is 1. The van der Waals surface area contributed by atoms with E-state index >= 15 is 0 Å². The van der Waals surface area contributed by atoms with Crippen LogP contribution in [0.3, 0.4) is 0 Å². The van der Waals surface area contributed by atoms with E-state index in [2.05, 4.69) is 5.32 Å². The van der Waals surface area contributed by atoms with Crippen LogP contribution in [0.25, 0.3) is 0 Å². The number of hydrogen-bond acceptors (Lipinski definition) is 2. The third kappa shape index (κ3) is 3.44. The summed E-state index contributed by atoms with van der Waals surface area (Å²) in [6, 6.07) is 23.8. The molecule has 3 rings (SSSR count). The fourth-order valence-electron chi connectivity index (χ4n) is 2.37. The van der Waals surface area contributed by atoms with Gasteiger partial charge in [0.2, 0.25) is 0 Å². The quantitative estimate of drug-likeness (QED) is 0.780. The summed E-state index contributed by atoms with van der Waals surface area (Å²) in [6.07, 6.45) is 1.82. The van der Waals surface area contributed by atoms with Gasteiger partial charge in [-0.05, 0) is 23.3 Å². The molecule has 0 aliphatic carbocycles. The third-order valence-corrected chi connectivity index (χ3v) is 3.54. The molecule has 0 amide bonds. The van der Waals surface area contributed by atoms with E-state index in [0.717, 1.165) is 11.1 Å². The fourth-order valence-corrected chi connectivity index (χ4v) is 2.37. The predicted molar refractivity (Wildman–Crippen MR) is 90.0 cm³/mol. The molecule has 1 aromatic heterocycles. The first-order valence-electron chi connectivity index (χ1n) is 7.34. The van der Waals surface area contributed by atoms with Crippen molar-refractivity contribution in [1.29, 1.82) is 0 Å². The number of nitrogens with zero attached hydrogens (tertiary/aromatic N) is 1. The molecule has 2 aromatic carbocycles. The monoisotopic (exact) mass is 290 g/mol. The molecule has 3 aromatic rings. The second-order valence-electron chi connectivity index (χ2n) is 5.18. The number of rotatable bonds is 5. The second-order valence-corrected chi connectivity index (χ2v) is 5.18. The molecule has 0 bridgehead atoms. The normalized spacial score (nSPS) is 10.4. The van der Waals surface area contributed by atoms with Crippen molar-refractivity contribution in [3.63, 3.8) is 0 Å². The molecule has 0 aliphatic heterocycles. The van der Waals surface area contributed by atoms with Crippen molar-refractivity contribution in [3.05, 3.63) is 100 Å². The Labute approximate surface area is 129 Å². The van der Waals surface area contributed by atoms with Crippen molar-refractivity contribution in [2.24, 2.45) is 0 Å². The van der Waals surface area contributed by atoms with E-state index < -0.39 is 0 Å². The molecule has 0 fully saturated rings. The third-order valence-electron chi connectivity index (χ3n) is 3.54. The van der Waals surface area contributed by atoms with Gasteiger partial charge in [0.15, 0.2) is 0 Å². The molecule has 1 N–H and O–H groups in total. The van der Waals surface area contributed by atoms with Crippen LogP contribution in [0, 0.1) is 0 Å².